The smallest absolute Gasteiger partial charge is 0.221 e. The van der Waals surface area contributed by atoms with Gasteiger partial charge in [0.25, 0.3) is 0 Å². The molecule has 0 spiro atoms. The Labute approximate surface area is 183 Å². The monoisotopic (exact) mass is 424 g/mol. The molecule has 1 fully saturated rings. The lowest BCUT2D eigenvalue weighted by Crippen LogP contribution is -2.27. The van der Waals surface area contributed by atoms with Gasteiger partial charge in [0.05, 0.1) is 33.9 Å². The average molecular weight is 425 g/mol. The van der Waals surface area contributed by atoms with E-state index in [9.17, 15) is 0 Å². The van der Waals surface area contributed by atoms with Crippen molar-refractivity contribution in [3.63, 3.8) is 0 Å². The van der Waals surface area contributed by atoms with Crippen LogP contribution in [0.15, 0.2) is 12.6 Å². The normalized spacial score (nSPS) is 17.8. The Hall–Kier alpha value is -2.71. The molecule has 3 aromatic heterocycles. The standard InChI is InChI=1S/C23H32N6O2/c1-7-18-17-12-19(21-15(3)26-28(6)23(21)31-14(2)13-24-5)25-16(4)22(17)29(27-18)20-10-8-9-11-30-20/h7,12,14,20,24H,1,8-11,13H2,2-6H3/t14-,20?/m0/s1. The van der Waals surface area contributed by atoms with Gasteiger partial charge < -0.3 is 14.8 Å². The van der Waals surface area contributed by atoms with Crippen LogP contribution in [0.25, 0.3) is 28.2 Å². The third-order valence-corrected chi connectivity index (χ3v) is 5.74. The molecular weight excluding hydrogens is 392 g/mol. The summed E-state index contributed by atoms with van der Waals surface area (Å²) < 4.78 is 16.0. The molecule has 8 heteroatoms. The Morgan fingerprint density at radius 1 is 1.32 bits per heavy atom. The Morgan fingerprint density at radius 2 is 2.13 bits per heavy atom. The van der Waals surface area contributed by atoms with E-state index in [-0.39, 0.29) is 12.3 Å². The summed E-state index contributed by atoms with van der Waals surface area (Å²) in [4.78, 5) is 4.96. The zero-order valence-electron chi connectivity index (χ0n) is 19.1. The molecule has 3 aromatic rings. The Balaban J connectivity index is 1.84. The zero-order chi connectivity index (χ0) is 22.1. The summed E-state index contributed by atoms with van der Waals surface area (Å²) in [6, 6.07) is 2.07. The van der Waals surface area contributed by atoms with Gasteiger partial charge in [-0.2, -0.15) is 10.2 Å². The molecule has 0 saturated carbocycles. The molecule has 0 radical (unpaired) electrons. The minimum absolute atomic E-state index is 0.00156. The second-order valence-corrected chi connectivity index (χ2v) is 8.22. The van der Waals surface area contributed by atoms with E-state index in [0.29, 0.717) is 0 Å². The molecule has 2 atom stereocenters. The summed E-state index contributed by atoms with van der Waals surface area (Å²) >= 11 is 0. The number of rotatable bonds is 7. The van der Waals surface area contributed by atoms with Gasteiger partial charge in [-0.15, -0.1) is 0 Å². The lowest BCUT2D eigenvalue weighted by Gasteiger charge is -2.23. The van der Waals surface area contributed by atoms with E-state index >= 15 is 0 Å². The topological polar surface area (TPSA) is 79.0 Å². The fraction of sp³-hybridized carbons (Fsp3) is 0.522. The second kappa shape index (κ2) is 8.80. The van der Waals surface area contributed by atoms with Gasteiger partial charge in [0.15, 0.2) is 6.23 Å². The van der Waals surface area contributed by atoms with Gasteiger partial charge in [-0.1, -0.05) is 6.58 Å². The molecule has 31 heavy (non-hydrogen) atoms. The van der Waals surface area contributed by atoms with Gasteiger partial charge in [0.1, 0.15) is 6.10 Å². The van der Waals surface area contributed by atoms with Crippen LogP contribution in [-0.2, 0) is 11.8 Å². The van der Waals surface area contributed by atoms with Crippen LogP contribution in [0.1, 0.15) is 49.5 Å². The number of ether oxygens (including phenoxy) is 2. The Bertz CT molecular complexity index is 1090. The molecule has 1 unspecified atom stereocenters. The van der Waals surface area contributed by atoms with Crippen LogP contribution in [0.2, 0.25) is 0 Å². The van der Waals surface area contributed by atoms with Crippen LogP contribution < -0.4 is 10.1 Å². The maximum atomic E-state index is 6.24. The summed E-state index contributed by atoms with van der Waals surface area (Å²) in [7, 11) is 3.82. The summed E-state index contributed by atoms with van der Waals surface area (Å²) in [5.41, 5.74) is 5.35. The van der Waals surface area contributed by atoms with Crippen molar-refractivity contribution >= 4 is 17.0 Å². The van der Waals surface area contributed by atoms with E-state index in [0.717, 1.165) is 77.5 Å². The van der Waals surface area contributed by atoms with Crippen LogP contribution in [0, 0.1) is 13.8 Å². The van der Waals surface area contributed by atoms with E-state index < -0.39 is 0 Å². The van der Waals surface area contributed by atoms with E-state index in [2.05, 4.69) is 23.1 Å². The van der Waals surface area contributed by atoms with E-state index in [1.807, 2.05) is 39.5 Å². The van der Waals surface area contributed by atoms with Gasteiger partial charge in [-0.05, 0) is 59.2 Å². The third kappa shape index (κ3) is 3.97. The minimum atomic E-state index is -0.0577. The zero-order valence-corrected chi connectivity index (χ0v) is 19.1. The maximum absolute atomic E-state index is 6.24. The first-order valence-corrected chi connectivity index (χ1v) is 10.9. The molecule has 0 aliphatic carbocycles. The van der Waals surface area contributed by atoms with E-state index in [1.165, 1.54) is 0 Å². The molecule has 0 aromatic carbocycles. The number of nitrogens with zero attached hydrogens (tertiary/aromatic N) is 5. The fourth-order valence-electron chi connectivity index (χ4n) is 4.36. The summed E-state index contributed by atoms with van der Waals surface area (Å²) in [6.07, 6.45) is 4.93. The molecular formula is C23H32N6O2. The predicted octanol–water partition coefficient (Wildman–Crippen LogP) is 3.78. The first-order chi connectivity index (χ1) is 14.9. The SMILES string of the molecule is C=Cc1nn(C2CCCCO2)c2c(C)nc(-c3c(C)nn(C)c3O[C@@H](C)CNC)cc12. The highest BCUT2D eigenvalue weighted by atomic mass is 16.5. The van der Waals surface area contributed by atoms with Gasteiger partial charge in [0, 0.05) is 25.6 Å². The molecule has 166 valence electrons. The first-order valence-electron chi connectivity index (χ1n) is 10.9. The van der Waals surface area contributed by atoms with Gasteiger partial charge in [-0.3, -0.25) is 4.98 Å². The van der Waals surface area contributed by atoms with Crippen LogP contribution in [-0.4, -0.2) is 50.8 Å². The van der Waals surface area contributed by atoms with Crippen LogP contribution in [0.3, 0.4) is 0 Å². The second-order valence-electron chi connectivity index (χ2n) is 8.22. The Morgan fingerprint density at radius 3 is 2.81 bits per heavy atom. The van der Waals surface area contributed by atoms with Gasteiger partial charge in [0.2, 0.25) is 5.88 Å². The van der Waals surface area contributed by atoms with Crippen LogP contribution in [0.4, 0.5) is 0 Å². The van der Waals surface area contributed by atoms with Crippen molar-refractivity contribution in [3.8, 4) is 17.1 Å². The van der Waals surface area contributed by atoms with Crippen molar-refractivity contribution in [3.05, 3.63) is 29.7 Å². The molecule has 1 N–H and O–H groups in total. The number of fused-ring (bicyclic) bond motifs is 1. The first kappa shape index (κ1) is 21.5. The van der Waals surface area contributed by atoms with Crippen molar-refractivity contribution in [2.75, 3.05) is 20.2 Å². The molecule has 0 bridgehead atoms. The number of pyridine rings is 1. The van der Waals surface area contributed by atoms with Crippen molar-refractivity contribution in [1.82, 2.24) is 29.9 Å². The number of likely N-dealkylation sites (N-methyl/N-ethyl adjacent to an activating group) is 1. The van der Waals surface area contributed by atoms with Crippen molar-refractivity contribution in [2.45, 2.75) is 52.4 Å². The summed E-state index contributed by atoms with van der Waals surface area (Å²) in [5.74, 6) is 0.717. The van der Waals surface area contributed by atoms with Crippen molar-refractivity contribution < 1.29 is 9.47 Å². The highest BCUT2D eigenvalue weighted by Gasteiger charge is 2.25. The number of hydrogen-bond acceptors (Lipinski definition) is 6. The molecule has 1 saturated heterocycles. The number of hydrogen-bond donors (Lipinski definition) is 1. The number of aryl methyl sites for hydroxylation is 3. The van der Waals surface area contributed by atoms with Gasteiger partial charge >= 0.3 is 0 Å². The predicted molar refractivity (Wildman–Crippen MR) is 122 cm³/mol. The fourth-order valence-corrected chi connectivity index (χ4v) is 4.36. The molecule has 0 amide bonds. The van der Waals surface area contributed by atoms with Crippen LogP contribution >= 0.6 is 0 Å². The summed E-state index contributed by atoms with van der Waals surface area (Å²) in [5, 5.41) is 13.6. The molecule has 1 aliphatic rings. The third-order valence-electron chi connectivity index (χ3n) is 5.74. The lowest BCUT2D eigenvalue weighted by molar-refractivity contribution is -0.0368. The molecule has 4 rings (SSSR count). The maximum Gasteiger partial charge on any atom is 0.221 e. The quantitative estimate of drug-likeness (QED) is 0.622. The molecule has 1 aliphatic heterocycles. The summed E-state index contributed by atoms with van der Waals surface area (Å²) in [6.45, 7) is 11.5. The Kier molecular flexibility index (Phi) is 6.11. The minimum Gasteiger partial charge on any atom is -0.473 e. The van der Waals surface area contributed by atoms with Crippen molar-refractivity contribution in [2.24, 2.45) is 7.05 Å². The number of nitrogens with one attached hydrogen (secondary N) is 1. The lowest BCUT2D eigenvalue weighted by atomic mass is 10.1. The van der Waals surface area contributed by atoms with Gasteiger partial charge in [-0.25, -0.2) is 9.36 Å². The molecule has 4 heterocycles. The number of aromatic nitrogens is 5. The average Bonchev–Trinajstić information content (AvgIpc) is 3.26. The highest BCUT2D eigenvalue weighted by Crippen LogP contribution is 2.37. The van der Waals surface area contributed by atoms with E-state index in [4.69, 9.17) is 19.6 Å². The van der Waals surface area contributed by atoms with Crippen LogP contribution in [0.5, 0.6) is 5.88 Å². The largest absolute Gasteiger partial charge is 0.473 e. The highest BCUT2D eigenvalue weighted by molar-refractivity contribution is 5.92. The molecule has 8 nitrogen and oxygen atoms in total. The van der Waals surface area contributed by atoms with E-state index in [1.54, 1.807) is 10.8 Å². The van der Waals surface area contributed by atoms with Crippen molar-refractivity contribution in [1.29, 1.82) is 0 Å².